The molecule has 1 amide bonds. The van der Waals surface area contributed by atoms with Gasteiger partial charge in [0.15, 0.2) is 0 Å². The summed E-state index contributed by atoms with van der Waals surface area (Å²) >= 11 is 0. The lowest BCUT2D eigenvalue weighted by Crippen LogP contribution is -2.45. The van der Waals surface area contributed by atoms with Gasteiger partial charge in [-0.3, -0.25) is 9.59 Å². The molecule has 6 nitrogen and oxygen atoms in total. The van der Waals surface area contributed by atoms with Crippen LogP contribution in [0.3, 0.4) is 0 Å². The lowest BCUT2D eigenvalue weighted by molar-refractivity contribution is -0.143. The third-order valence-electron chi connectivity index (χ3n) is 13.1. The molecule has 0 aromatic rings. The van der Waals surface area contributed by atoms with Crippen LogP contribution in [0.5, 0.6) is 0 Å². The van der Waals surface area contributed by atoms with Gasteiger partial charge in [-0.25, -0.2) is 0 Å². The Balaban J connectivity index is 3.48. The average molecular weight is 915 g/mol. The van der Waals surface area contributed by atoms with Gasteiger partial charge in [0.2, 0.25) is 5.91 Å². The zero-order valence-electron chi connectivity index (χ0n) is 43.5. The van der Waals surface area contributed by atoms with Gasteiger partial charge in [0.25, 0.3) is 0 Å². The minimum absolute atomic E-state index is 0.0103. The fraction of sp³-hybridized carbons (Fsp3) is 0.864. The van der Waals surface area contributed by atoms with Crippen molar-refractivity contribution in [2.24, 2.45) is 0 Å². The standard InChI is InChI=1S/C59H111NO5/c1-3-5-7-9-11-13-15-17-19-25-29-33-37-41-45-49-53-59(64)65-54-50-46-42-38-34-30-26-22-20-21-24-28-32-36-40-44-48-52-58(63)60-56(55-61)57(62)51-47-43-39-35-31-27-23-18-16-14-12-10-8-6-4-2/h19-20,22,25,47,51,56-57,61-62H,3-18,21,23-24,26-46,48-50,52-55H2,1-2H3,(H,60,63)/b22-20-,25-19-,51-47+. The van der Waals surface area contributed by atoms with Gasteiger partial charge in [0, 0.05) is 12.8 Å². The molecule has 0 fully saturated rings. The van der Waals surface area contributed by atoms with E-state index in [-0.39, 0.29) is 18.5 Å². The van der Waals surface area contributed by atoms with E-state index in [9.17, 15) is 19.8 Å². The van der Waals surface area contributed by atoms with Gasteiger partial charge in [0.05, 0.1) is 25.4 Å². The molecule has 2 atom stereocenters. The Morgan fingerprint density at radius 3 is 1.09 bits per heavy atom. The van der Waals surface area contributed by atoms with Crippen LogP contribution in [0.4, 0.5) is 0 Å². The van der Waals surface area contributed by atoms with E-state index in [1.165, 1.54) is 218 Å². The normalized spacial score (nSPS) is 12.9. The molecule has 0 bridgehead atoms. The Hall–Kier alpha value is -1.92. The summed E-state index contributed by atoms with van der Waals surface area (Å²) in [5.74, 6) is -0.0902. The van der Waals surface area contributed by atoms with Gasteiger partial charge in [-0.2, -0.15) is 0 Å². The average Bonchev–Trinajstić information content (AvgIpc) is 3.31. The van der Waals surface area contributed by atoms with Crippen molar-refractivity contribution in [3.05, 3.63) is 36.5 Å². The molecule has 0 aliphatic carbocycles. The molecule has 0 rings (SSSR count). The molecule has 3 N–H and O–H groups in total. The summed E-state index contributed by atoms with van der Waals surface area (Å²) < 4.78 is 5.47. The van der Waals surface area contributed by atoms with E-state index in [0.29, 0.717) is 19.4 Å². The molecule has 0 saturated carbocycles. The SMILES string of the molecule is CCCCCCCCC/C=C\CCCCCCCC(=O)OCCCCCCCC/C=C\CCCCCCCCCC(=O)NC(CO)C(O)/C=C/CCCCCCCCCCCCCCC. The lowest BCUT2D eigenvalue weighted by Gasteiger charge is -2.20. The third-order valence-corrected chi connectivity index (χ3v) is 13.1. The first-order chi connectivity index (χ1) is 32.0. The molecule has 0 spiro atoms. The van der Waals surface area contributed by atoms with Crippen LogP contribution in [-0.4, -0.2) is 47.4 Å². The van der Waals surface area contributed by atoms with E-state index < -0.39 is 12.1 Å². The van der Waals surface area contributed by atoms with Crippen LogP contribution in [0.25, 0.3) is 0 Å². The number of allylic oxidation sites excluding steroid dienone is 5. The summed E-state index contributed by atoms with van der Waals surface area (Å²) in [6, 6.07) is -0.637. The molecule has 2 unspecified atom stereocenters. The minimum Gasteiger partial charge on any atom is -0.466 e. The number of ether oxygens (including phenoxy) is 1. The van der Waals surface area contributed by atoms with Gasteiger partial charge in [0.1, 0.15) is 0 Å². The van der Waals surface area contributed by atoms with Crippen molar-refractivity contribution in [2.45, 2.75) is 315 Å². The van der Waals surface area contributed by atoms with Crippen molar-refractivity contribution in [2.75, 3.05) is 13.2 Å². The van der Waals surface area contributed by atoms with Crippen LogP contribution in [-0.2, 0) is 14.3 Å². The molecule has 65 heavy (non-hydrogen) atoms. The second-order valence-electron chi connectivity index (χ2n) is 19.6. The number of aliphatic hydroxyl groups excluding tert-OH is 2. The number of carbonyl (C=O) groups is 2. The largest absolute Gasteiger partial charge is 0.466 e. The molecule has 0 aromatic carbocycles. The summed E-state index contributed by atoms with van der Waals surface area (Å²) in [6.07, 6.45) is 67.3. The van der Waals surface area contributed by atoms with Crippen LogP contribution >= 0.6 is 0 Å². The number of esters is 1. The Bertz CT molecular complexity index is 1060. The summed E-state index contributed by atoms with van der Waals surface area (Å²) in [5, 5.41) is 23.1. The highest BCUT2D eigenvalue weighted by molar-refractivity contribution is 5.76. The number of amides is 1. The van der Waals surface area contributed by atoms with Crippen LogP contribution in [0.15, 0.2) is 36.5 Å². The highest BCUT2D eigenvalue weighted by Gasteiger charge is 2.18. The van der Waals surface area contributed by atoms with Crippen LogP contribution in [0.2, 0.25) is 0 Å². The fourth-order valence-corrected chi connectivity index (χ4v) is 8.68. The zero-order chi connectivity index (χ0) is 47.2. The summed E-state index contributed by atoms with van der Waals surface area (Å²) in [4.78, 5) is 24.5. The summed E-state index contributed by atoms with van der Waals surface area (Å²) in [6.45, 7) is 4.88. The van der Waals surface area contributed by atoms with E-state index in [0.717, 1.165) is 57.8 Å². The number of rotatable bonds is 53. The van der Waals surface area contributed by atoms with E-state index in [4.69, 9.17) is 4.74 Å². The molecule has 0 saturated heterocycles. The maximum absolute atomic E-state index is 12.4. The molecule has 0 aliphatic rings. The minimum atomic E-state index is -0.852. The molecular weight excluding hydrogens is 803 g/mol. The van der Waals surface area contributed by atoms with Gasteiger partial charge in [-0.05, 0) is 83.5 Å². The maximum Gasteiger partial charge on any atom is 0.305 e. The molecule has 382 valence electrons. The van der Waals surface area contributed by atoms with Gasteiger partial charge in [-0.1, -0.05) is 243 Å². The van der Waals surface area contributed by atoms with E-state index >= 15 is 0 Å². The van der Waals surface area contributed by atoms with Crippen LogP contribution in [0.1, 0.15) is 303 Å². The molecule has 6 heteroatoms. The number of hydrogen-bond acceptors (Lipinski definition) is 5. The molecule has 0 radical (unpaired) electrons. The highest BCUT2D eigenvalue weighted by Crippen LogP contribution is 2.16. The van der Waals surface area contributed by atoms with Gasteiger partial charge >= 0.3 is 5.97 Å². The third kappa shape index (κ3) is 51.3. The molecular formula is C59H111NO5. The quantitative estimate of drug-likeness (QED) is 0.0321. The first-order valence-electron chi connectivity index (χ1n) is 28.8. The van der Waals surface area contributed by atoms with Crippen molar-refractivity contribution in [3.63, 3.8) is 0 Å². The predicted molar refractivity (Wildman–Crippen MR) is 283 cm³/mol. The maximum atomic E-state index is 12.4. The Morgan fingerprint density at radius 2 is 0.723 bits per heavy atom. The van der Waals surface area contributed by atoms with E-state index in [2.05, 4.69) is 43.5 Å². The summed E-state index contributed by atoms with van der Waals surface area (Å²) in [7, 11) is 0. The zero-order valence-corrected chi connectivity index (χ0v) is 43.5. The fourth-order valence-electron chi connectivity index (χ4n) is 8.68. The van der Waals surface area contributed by atoms with Crippen molar-refractivity contribution < 1.29 is 24.5 Å². The molecule has 0 aromatic heterocycles. The number of carbonyl (C=O) groups excluding carboxylic acids is 2. The smallest absolute Gasteiger partial charge is 0.305 e. The number of unbranched alkanes of at least 4 members (excludes halogenated alkanes) is 38. The molecule has 0 heterocycles. The summed E-state index contributed by atoms with van der Waals surface area (Å²) in [5.41, 5.74) is 0. The van der Waals surface area contributed by atoms with Crippen LogP contribution in [0, 0.1) is 0 Å². The van der Waals surface area contributed by atoms with Gasteiger partial charge in [-0.15, -0.1) is 0 Å². The first-order valence-corrected chi connectivity index (χ1v) is 28.8. The number of nitrogens with one attached hydrogen (secondary N) is 1. The van der Waals surface area contributed by atoms with Gasteiger partial charge < -0.3 is 20.3 Å². The second-order valence-corrected chi connectivity index (χ2v) is 19.6. The Morgan fingerprint density at radius 1 is 0.415 bits per heavy atom. The Labute approximate surface area is 404 Å². The topological polar surface area (TPSA) is 95.9 Å². The number of aliphatic hydroxyl groups is 2. The molecule has 0 aliphatic heterocycles. The second kappa shape index (κ2) is 54.7. The highest BCUT2D eigenvalue weighted by atomic mass is 16.5. The van der Waals surface area contributed by atoms with Crippen molar-refractivity contribution >= 4 is 11.9 Å². The van der Waals surface area contributed by atoms with E-state index in [1.807, 2.05) is 6.08 Å². The lowest BCUT2D eigenvalue weighted by atomic mass is 10.0. The monoisotopic (exact) mass is 914 g/mol. The Kier molecular flexibility index (Phi) is 53.1. The number of hydrogen-bond donors (Lipinski definition) is 3. The van der Waals surface area contributed by atoms with Crippen molar-refractivity contribution in [1.29, 1.82) is 0 Å². The van der Waals surface area contributed by atoms with Crippen molar-refractivity contribution in [1.82, 2.24) is 5.32 Å². The predicted octanol–water partition coefficient (Wildman–Crippen LogP) is 17.6. The van der Waals surface area contributed by atoms with E-state index in [1.54, 1.807) is 6.08 Å². The first kappa shape index (κ1) is 63.1. The van der Waals surface area contributed by atoms with Crippen molar-refractivity contribution in [3.8, 4) is 0 Å². The van der Waals surface area contributed by atoms with Crippen LogP contribution < -0.4 is 5.32 Å².